The van der Waals surface area contributed by atoms with Crippen molar-refractivity contribution >= 4 is 15.9 Å². The summed E-state index contributed by atoms with van der Waals surface area (Å²) >= 11 is 3.40. The smallest absolute Gasteiger partial charge is 0.120 e. The van der Waals surface area contributed by atoms with Crippen molar-refractivity contribution in [2.75, 3.05) is 7.11 Å². The summed E-state index contributed by atoms with van der Waals surface area (Å²) in [5.74, 6) is 0.823. The molecular formula is C14H19BrO3. The lowest BCUT2D eigenvalue weighted by atomic mass is 9.95. The average Bonchev–Trinajstić information content (AvgIpc) is 2.41. The second-order valence-corrected chi connectivity index (χ2v) is 5.53. The number of aliphatic hydroxyl groups is 1. The monoisotopic (exact) mass is 314 g/mol. The summed E-state index contributed by atoms with van der Waals surface area (Å²) in [6.07, 6.45) is 4.82. The van der Waals surface area contributed by atoms with Crippen molar-refractivity contribution < 1.29 is 14.6 Å². The molecule has 1 aliphatic rings. The van der Waals surface area contributed by atoms with E-state index < -0.39 is 0 Å². The van der Waals surface area contributed by atoms with E-state index in [0.717, 1.165) is 41.5 Å². The highest BCUT2D eigenvalue weighted by molar-refractivity contribution is 9.10. The van der Waals surface area contributed by atoms with Crippen LogP contribution in [0.25, 0.3) is 0 Å². The number of hydrogen-bond acceptors (Lipinski definition) is 3. The first-order valence-corrected chi connectivity index (χ1v) is 7.11. The Kier molecular flexibility index (Phi) is 5.03. The van der Waals surface area contributed by atoms with Crippen LogP contribution >= 0.6 is 15.9 Å². The van der Waals surface area contributed by atoms with E-state index in [1.807, 2.05) is 18.2 Å². The number of rotatable bonds is 4. The highest BCUT2D eigenvalue weighted by Gasteiger charge is 2.23. The molecule has 0 aromatic heterocycles. The summed E-state index contributed by atoms with van der Waals surface area (Å²) in [4.78, 5) is 0. The van der Waals surface area contributed by atoms with E-state index in [1.54, 1.807) is 7.11 Å². The minimum absolute atomic E-state index is 0.0170. The first-order chi connectivity index (χ1) is 8.72. The lowest BCUT2D eigenvalue weighted by molar-refractivity contribution is 0.0209. The van der Waals surface area contributed by atoms with Crippen molar-refractivity contribution in [3.8, 4) is 5.75 Å². The topological polar surface area (TPSA) is 38.7 Å². The van der Waals surface area contributed by atoms with Crippen LogP contribution in [0, 0.1) is 0 Å². The van der Waals surface area contributed by atoms with Crippen molar-refractivity contribution in [3.63, 3.8) is 0 Å². The fourth-order valence-electron chi connectivity index (χ4n) is 2.36. The minimum atomic E-state index is 0.0170. The summed E-state index contributed by atoms with van der Waals surface area (Å²) in [5, 5.41) is 9.22. The molecule has 0 saturated heterocycles. The quantitative estimate of drug-likeness (QED) is 0.927. The van der Waals surface area contributed by atoms with Gasteiger partial charge in [0.15, 0.2) is 0 Å². The van der Waals surface area contributed by atoms with E-state index >= 15 is 0 Å². The molecule has 1 fully saturated rings. The Bertz CT molecular complexity index is 395. The molecule has 3 nitrogen and oxygen atoms in total. The number of hydrogen-bond donors (Lipinski definition) is 1. The van der Waals surface area contributed by atoms with Crippen molar-refractivity contribution in [1.82, 2.24) is 0 Å². The van der Waals surface area contributed by atoms with Gasteiger partial charge in [0, 0.05) is 18.0 Å². The molecule has 1 aromatic carbocycles. The van der Waals surface area contributed by atoms with Gasteiger partial charge in [-0.25, -0.2) is 0 Å². The van der Waals surface area contributed by atoms with Crippen molar-refractivity contribution in [1.29, 1.82) is 0 Å². The molecule has 1 N–H and O–H groups in total. The van der Waals surface area contributed by atoms with E-state index in [1.165, 1.54) is 0 Å². The van der Waals surface area contributed by atoms with Gasteiger partial charge in [0.25, 0.3) is 0 Å². The van der Waals surface area contributed by atoms with Gasteiger partial charge in [0.1, 0.15) is 11.9 Å². The molecule has 0 heterocycles. The van der Waals surface area contributed by atoms with Crippen LogP contribution in [0.4, 0.5) is 0 Å². The van der Waals surface area contributed by atoms with Crippen LogP contribution in [0.15, 0.2) is 22.7 Å². The van der Waals surface area contributed by atoms with Crippen LogP contribution in [0.5, 0.6) is 5.75 Å². The normalized spacial score (nSPS) is 23.9. The SMILES string of the molecule is COC1CCCC(Oc2ccc(Br)c(CO)c2)C1. The Morgan fingerprint density at radius 3 is 2.83 bits per heavy atom. The maximum atomic E-state index is 9.22. The Labute approximate surface area is 116 Å². The third-order valence-electron chi connectivity index (χ3n) is 3.40. The molecule has 0 amide bonds. The van der Waals surface area contributed by atoms with Crippen LogP contribution in [-0.2, 0) is 11.3 Å². The predicted octanol–water partition coefficient (Wildman–Crippen LogP) is 3.28. The minimum Gasteiger partial charge on any atom is -0.490 e. The second kappa shape index (κ2) is 6.55. The van der Waals surface area contributed by atoms with Gasteiger partial charge in [-0.2, -0.15) is 0 Å². The molecule has 0 radical (unpaired) electrons. The number of aliphatic hydroxyl groups excluding tert-OH is 1. The lowest BCUT2D eigenvalue weighted by Crippen LogP contribution is -2.29. The van der Waals surface area contributed by atoms with Crippen LogP contribution in [0.1, 0.15) is 31.2 Å². The van der Waals surface area contributed by atoms with Crippen LogP contribution in [0.3, 0.4) is 0 Å². The van der Waals surface area contributed by atoms with Gasteiger partial charge in [-0.3, -0.25) is 0 Å². The molecule has 1 aromatic rings. The number of ether oxygens (including phenoxy) is 2. The van der Waals surface area contributed by atoms with Gasteiger partial charge in [0.05, 0.1) is 12.7 Å². The lowest BCUT2D eigenvalue weighted by Gasteiger charge is -2.28. The molecule has 0 spiro atoms. The Balaban J connectivity index is 2.00. The molecule has 18 heavy (non-hydrogen) atoms. The highest BCUT2D eigenvalue weighted by Crippen LogP contribution is 2.28. The van der Waals surface area contributed by atoms with Gasteiger partial charge in [-0.05, 0) is 43.0 Å². The largest absolute Gasteiger partial charge is 0.490 e. The maximum Gasteiger partial charge on any atom is 0.120 e. The van der Waals surface area contributed by atoms with E-state index in [2.05, 4.69) is 15.9 Å². The van der Waals surface area contributed by atoms with E-state index in [0.29, 0.717) is 6.10 Å². The molecule has 2 rings (SSSR count). The van der Waals surface area contributed by atoms with Crippen LogP contribution in [0.2, 0.25) is 0 Å². The van der Waals surface area contributed by atoms with Gasteiger partial charge < -0.3 is 14.6 Å². The summed E-state index contributed by atoms with van der Waals surface area (Å²) in [7, 11) is 1.76. The zero-order valence-corrected chi connectivity index (χ0v) is 12.1. The molecule has 4 heteroatoms. The standard InChI is InChI=1S/C14H19BrO3/c1-17-11-3-2-4-12(8-11)18-13-5-6-14(15)10(7-13)9-16/h5-7,11-12,16H,2-4,8-9H2,1H3. The average molecular weight is 315 g/mol. The van der Waals surface area contributed by atoms with Gasteiger partial charge in [-0.15, -0.1) is 0 Å². The van der Waals surface area contributed by atoms with Crippen LogP contribution < -0.4 is 4.74 Å². The van der Waals surface area contributed by atoms with Gasteiger partial charge in [-0.1, -0.05) is 15.9 Å². The molecule has 0 bridgehead atoms. The molecular weight excluding hydrogens is 296 g/mol. The Morgan fingerprint density at radius 1 is 1.33 bits per heavy atom. The fraction of sp³-hybridized carbons (Fsp3) is 0.571. The molecule has 2 unspecified atom stereocenters. The van der Waals surface area contributed by atoms with Crippen molar-refractivity contribution in [2.24, 2.45) is 0 Å². The van der Waals surface area contributed by atoms with E-state index in [4.69, 9.17) is 9.47 Å². The fourth-order valence-corrected chi connectivity index (χ4v) is 2.73. The molecule has 100 valence electrons. The highest BCUT2D eigenvalue weighted by atomic mass is 79.9. The Hall–Kier alpha value is -0.580. The number of methoxy groups -OCH3 is 1. The van der Waals surface area contributed by atoms with E-state index in [9.17, 15) is 5.11 Å². The van der Waals surface area contributed by atoms with Crippen molar-refractivity contribution in [3.05, 3.63) is 28.2 Å². The van der Waals surface area contributed by atoms with Crippen LogP contribution in [-0.4, -0.2) is 24.4 Å². The zero-order chi connectivity index (χ0) is 13.0. The predicted molar refractivity (Wildman–Crippen MR) is 73.7 cm³/mol. The number of halogens is 1. The van der Waals surface area contributed by atoms with Gasteiger partial charge in [0.2, 0.25) is 0 Å². The number of benzene rings is 1. The summed E-state index contributed by atoms with van der Waals surface area (Å²) in [5.41, 5.74) is 0.853. The third kappa shape index (κ3) is 3.46. The Morgan fingerprint density at radius 2 is 2.11 bits per heavy atom. The first-order valence-electron chi connectivity index (χ1n) is 6.31. The molecule has 2 atom stereocenters. The molecule has 1 aliphatic carbocycles. The van der Waals surface area contributed by atoms with E-state index in [-0.39, 0.29) is 12.7 Å². The molecule has 0 aliphatic heterocycles. The first kappa shape index (κ1) is 13.8. The third-order valence-corrected chi connectivity index (χ3v) is 4.18. The summed E-state index contributed by atoms with van der Waals surface area (Å²) in [6.45, 7) is 0.0170. The summed E-state index contributed by atoms with van der Waals surface area (Å²) in [6, 6.07) is 5.73. The van der Waals surface area contributed by atoms with Crippen molar-refractivity contribution in [2.45, 2.75) is 44.5 Å². The summed E-state index contributed by atoms with van der Waals surface area (Å²) < 4.78 is 12.3. The van der Waals surface area contributed by atoms with Gasteiger partial charge >= 0.3 is 0 Å². The zero-order valence-electron chi connectivity index (χ0n) is 10.6. The molecule has 1 saturated carbocycles. The maximum absolute atomic E-state index is 9.22. The second-order valence-electron chi connectivity index (χ2n) is 4.68.